The van der Waals surface area contributed by atoms with E-state index in [-0.39, 0.29) is 18.4 Å². The number of halogens is 1. The number of hydrogen-bond acceptors (Lipinski definition) is 2. The fraction of sp³-hybridized carbons (Fsp3) is 0.429. The van der Waals surface area contributed by atoms with Crippen molar-refractivity contribution in [1.29, 1.82) is 0 Å². The number of rotatable bonds is 6. The molecule has 1 atom stereocenters. The van der Waals surface area contributed by atoms with Gasteiger partial charge in [0.05, 0.1) is 10.7 Å². The largest absolute Gasteiger partial charge is 0.481 e. The first-order valence-corrected chi connectivity index (χ1v) is 6.79. The van der Waals surface area contributed by atoms with Gasteiger partial charge in [0, 0.05) is 13.0 Å². The van der Waals surface area contributed by atoms with Crippen LogP contribution in [0.2, 0.25) is 5.02 Å². The summed E-state index contributed by atoms with van der Waals surface area (Å²) in [5, 5.41) is 14.4. The fourth-order valence-electron chi connectivity index (χ4n) is 1.63. The highest BCUT2D eigenvalue weighted by atomic mass is 35.5. The second-order valence-electron chi connectivity index (χ2n) is 4.86. The number of amides is 2. The molecule has 3 N–H and O–H groups in total. The molecule has 1 aromatic rings. The molecule has 2 amide bonds. The number of carbonyl (C=O) groups is 2. The summed E-state index contributed by atoms with van der Waals surface area (Å²) in [5.41, 5.74) is 1.57. The average molecular weight is 299 g/mol. The van der Waals surface area contributed by atoms with Crippen LogP contribution < -0.4 is 10.6 Å². The van der Waals surface area contributed by atoms with Crippen molar-refractivity contribution in [3.8, 4) is 0 Å². The third-order valence-corrected chi connectivity index (χ3v) is 3.15. The van der Waals surface area contributed by atoms with Gasteiger partial charge in [-0.25, -0.2) is 4.79 Å². The van der Waals surface area contributed by atoms with E-state index in [1.165, 1.54) is 0 Å². The molecule has 0 spiro atoms. The van der Waals surface area contributed by atoms with Crippen LogP contribution >= 0.6 is 11.6 Å². The Morgan fingerprint density at radius 1 is 1.40 bits per heavy atom. The van der Waals surface area contributed by atoms with Crippen molar-refractivity contribution in [3.63, 3.8) is 0 Å². The van der Waals surface area contributed by atoms with E-state index < -0.39 is 5.97 Å². The van der Waals surface area contributed by atoms with Crippen molar-refractivity contribution in [2.24, 2.45) is 5.92 Å². The van der Waals surface area contributed by atoms with Gasteiger partial charge in [0.15, 0.2) is 0 Å². The van der Waals surface area contributed by atoms with Crippen molar-refractivity contribution in [2.45, 2.75) is 26.7 Å². The lowest BCUT2D eigenvalue weighted by molar-refractivity contribution is -0.137. The van der Waals surface area contributed by atoms with E-state index in [1.807, 2.05) is 19.9 Å². The summed E-state index contributed by atoms with van der Waals surface area (Å²) >= 11 is 6.01. The van der Waals surface area contributed by atoms with Crippen molar-refractivity contribution >= 4 is 29.3 Å². The van der Waals surface area contributed by atoms with E-state index in [1.54, 1.807) is 12.1 Å². The molecule has 1 aromatic carbocycles. The third-order valence-electron chi connectivity index (χ3n) is 2.83. The van der Waals surface area contributed by atoms with E-state index in [0.717, 1.165) is 5.56 Å². The topological polar surface area (TPSA) is 78.4 Å². The number of urea groups is 1. The zero-order valence-electron chi connectivity index (χ0n) is 11.6. The highest BCUT2D eigenvalue weighted by Gasteiger charge is 2.09. The van der Waals surface area contributed by atoms with Crippen molar-refractivity contribution in [1.82, 2.24) is 5.32 Å². The number of benzene rings is 1. The maximum atomic E-state index is 11.7. The molecule has 0 fully saturated rings. The van der Waals surface area contributed by atoms with Crippen LogP contribution in [-0.2, 0) is 4.79 Å². The first-order chi connectivity index (χ1) is 9.38. The predicted octanol–water partition coefficient (Wildman–Crippen LogP) is 3.27. The van der Waals surface area contributed by atoms with Crippen LogP contribution in [0.25, 0.3) is 0 Å². The van der Waals surface area contributed by atoms with Gasteiger partial charge in [-0.05, 0) is 37.0 Å². The molecule has 0 saturated heterocycles. The first kappa shape index (κ1) is 16.3. The van der Waals surface area contributed by atoms with Crippen LogP contribution in [0.4, 0.5) is 10.5 Å². The lowest BCUT2D eigenvalue weighted by atomic mass is 10.1. The lowest BCUT2D eigenvalue weighted by Gasteiger charge is -2.13. The quantitative estimate of drug-likeness (QED) is 0.754. The minimum Gasteiger partial charge on any atom is -0.481 e. The molecule has 1 unspecified atom stereocenters. The molecule has 1 rings (SSSR count). The average Bonchev–Trinajstić information content (AvgIpc) is 2.37. The third kappa shape index (κ3) is 5.93. The van der Waals surface area contributed by atoms with E-state index in [2.05, 4.69) is 10.6 Å². The monoisotopic (exact) mass is 298 g/mol. The van der Waals surface area contributed by atoms with Crippen LogP contribution in [0.5, 0.6) is 0 Å². The van der Waals surface area contributed by atoms with Gasteiger partial charge < -0.3 is 15.7 Å². The van der Waals surface area contributed by atoms with Gasteiger partial charge in [-0.1, -0.05) is 24.6 Å². The summed E-state index contributed by atoms with van der Waals surface area (Å²) in [6.45, 7) is 4.23. The van der Waals surface area contributed by atoms with E-state index in [4.69, 9.17) is 16.7 Å². The lowest BCUT2D eigenvalue weighted by Crippen LogP contribution is -2.32. The summed E-state index contributed by atoms with van der Waals surface area (Å²) < 4.78 is 0. The molecule has 0 aromatic heterocycles. The number of aryl methyl sites for hydroxylation is 1. The van der Waals surface area contributed by atoms with E-state index in [9.17, 15) is 9.59 Å². The summed E-state index contributed by atoms with van der Waals surface area (Å²) in [7, 11) is 0. The normalized spacial score (nSPS) is 11.8. The number of anilines is 1. The number of hydrogen-bond donors (Lipinski definition) is 3. The summed E-state index contributed by atoms with van der Waals surface area (Å²) in [6.07, 6.45) is 0.634. The highest BCUT2D eigenvalue weighted by Crippen LogP contribution is 2.22. The number of carboxylic acid groups (broad SMARTS) is 1. The van der Waals surface area contributed by atoms with Crippen molar-refractivity contribution in [3.05, 3.63) is 28.8 Å². The van der Waals surface area contributed by atoms with Crippen molar-refractivity contribution < 1.29 is 14.7 Å². The number of aliphatic carboxylic acids is 1. The molecule has 6 heteroatoms. The molecular formula is C14H19ClN2O3. The molecular weight excluding hydrogens is 280 g/mol. The number of carboxylic acids is 1. The Morgan fingerprint density at radius 2 is 2.10 bits per heavy atom. The first-order valence-electron chi connectivity index (χ1n) is 6.41. The van der Waals surface area contributed by atoms with Gasteiger partial charge in [0.2, 0.25) is 0 Å². The van der Waals surface area contributed by atoms with E-state index >= 15 is 0 Å². The fourth-order valence-corrected chi connectivity index (χ4v) is 1.91. The summed E-state index contributed by atoms with van der Waals surface area (Å²) in [4.78, 5) is 22.1. The summed E-state index contributed by atoms with van der Waals surface area (Å²) in [5.74, 6) is -0.724. The molecule has 0 aliphatic carbocycles. The van der Waals surface area contributed by atoms with Crippen LogP contribution in [0.3, 0.4) is 0 Å². The molecule has 5 nitrogen and oxygen atoms in total. The van der Waals surface area contributed by atoms with Crippen LogP contribution in [0, 0.1) is 12.8 Å². The smallest absolute Gasteiger partial charge is 0.319 e. The Morgan fingerprint density at radius 3 is 2.70 bits per heavy atom. The molecule has 20 heavy (non-hydrogen) atoms. The van der Waals surface area contributed by atoms with Gasteiger partial charge in [-0.15, -0.1) is 0 Å². The minimum absolute atomic E-state index is 0.102. The summed E-state index contributed by atoms with van der Waals surface area (Å²) in [6, 6.07) is 5.02. The molecule has 0 bridgehead atoms. The Hall–Kier alpha value is -1.75. The maximum Gasteiger partial charge on any atom is 0.319 e. The van der Waals surface area contributed by atoms with Gasteiger partial charge in [0.25, 0.3) is 0 Å². The molecule has 0 saturated carbocycles. The Kier molecular flexibility index (Phi) is 6.31. The predicted molar refractivity (Wildman–Crippen MR) is 79.2 cm³/mol. The maximum absolute atomic E-state index is 11.7. The number of nitrogens with one attached hydrogen (secondary N) is 2. The van der Waals surface area contributed by atoms with Crippen LogP contribution in [0.1, 0.15) is 25.3 Å². The second-order valence-corrected chi connectivity index (χ2v) is 5.26. The molecule has 0 radical (unpaired) electrons. The molecule has 0 aliphatic heterocycles. The Bertz CT molecular complexity index is 491. The molecule has 0 aliphatic rings. The van der Waals surface area contributed by atoms with Gasteiger partial charge in [-0.3, -0.25) is 4.79 Å². The second kappa shape index (κ2) is 7.75. The molecule has 0 heterocycles. The van der Waals surface area contributed by atoms with Gasteiger partial charge in [-0.2, -0.15) is 0 Å². The highest BCUT2D eigenvalue weighted by molar-refractivity contribution is 6.33. The van der Waals surface area contributed by atoms with E-state index in [0.29, 0.717) is 23.7 Å². The minimum atomic E-state index is -0.826. The zero-order valence-corrected chi connectivity index (χ0v) is 12.3. The molecule has 110 valence electrons. The number of carbonyl (C=O) groups excluding carboxylic acids is 1. The standard InChI is InChI=1S/C14H19ClN2O3/c1-9-3-5-12(11(15)7-9)17-14(20)16-8-10(2)4-6-13(18)19/h3,5,7,10H,4,6,8H2,1-2H3,(H,18,19)(H2,16,17,20). The van der Waals surface area contributed by atoms with Gasteiger partial charge >= 0.3 is 12.0 Å². The SMILES string of the molecule is Cc1ccc(NC(=O)NCC(C)CCC(=O)O)c(Cl)c1. The zero-order chi connectivity index (χ0) is 15.1. The Balaban J connectivity index is 2.38. The van der Waals surface area contributed by atoms with Crippen LogP contribution in [0.15, 0.2) is 18.2 Å². The van der Waals surface area contributed by atoms with Crippen LogP contribution in [-0.4, -0.2) is 23.7 Å². The van der Waals surface area contributed by atoms with Gasteiger partial charge in [0.1, 0.15) is 0 Å². The van der Waals surface area contributed by atoms with Crippen molar-refractivity contribution in [2.75, 3.05) is 11.9 Å². The Labute approximate surface area is 123 Å².